The molecule has 1 aliphatic heterocycles. The Hall–Kier alpha value is -0.200. The van der Waals surface area contributed by atoms with Gasteiger partial charge in [-0.15, -0.1) is 11.3 Å². The zero-order chi connectivity index (χ0) is 17.0. The minimum Gasteiger partial charge on any atom is -0.356 e. The van der Waals surface area contributed by atoms with E-state index in [1.165, 1.54) is 11.3 Å². The van der Waals surface area contributed by atoms with Crippen molar-refractivity contribution in [3.05, 3.63) is 11.6 Å². The van der Waals surface area contributed by atoms with Crippen molar-refractivity contribution in [2.24, 2.45) is 5.14 Å². The molecule has 0 bridgehead atoms. The number of thiophene rings is 1. The number of ether oxygens (including phenoxy) is 2. The Bertz CT molecular complexity index is 620. The number of sulfonamides is 1. The summed E-state index contributed by atoms with van der Waals surface area (Å²) in [6.07, 6.45) is -0.236. The summed E-state index contributed by atoms with van der Waals surface area (Å²) in [6, 6.07) is 1.78. The van der Waals surface area contributed by atoms with Crippen molar-refractivity contribution in [2.75, 3.05) is 33.4 Å². The molecule has 10 heteroatoms. The molecule has 0 aromatic carbocycles. The number of rotatable bonds is 8. The minimum atomic E-state index is -3.67. The van der Waals surface area contributed by atoms with Gasteiger partial charge in [0.15, 0.2) is 6.29 Å². The second-order valence-corrected chi connectivity index (χ2v) is 9.32. The summed E-state index contributed by atoms with van der Waals surface area (Å²) >= 11 is 2.78. The summed E-state index contributed by atoms with van der Waals surface area (Å²) in [5, 5.41) is 8.65. The van der Waals surface area contributed by atoms with E-state index in [0.717, 1.165) is 29.4 Å². The molecule has 2 rings (SSSR count). The number of hydrogen-bond donors (Lipinski definition) is 2. The number of likely N-dealkylation sites (N-methyl/N-ethyl adjacent to an activating group) is 1. The minimum absolute atomic E-state index is 0.0860. The van der Waals surface area contributed by atoms with E-state index in [2.05, 4.69) is 9.62 Å². The molecule has 0 radical (unpaired) electrons. The van der Waals surface area contributed by atoms with Crippen molar-refractivity contribution in [3.63, 3.8) is 0 Å². The number of nitrogens with two attached hydrogens (primary N) is 1. The van der Waals surface area contributed by atoms with Crippen LogP contribution in [0.15, 0.2) is 14.5 Å². The van der Waals surface area contributed by atoms with E-state index in [1.807, 2.05) is 13.8 Å². The highest BCUT2D eigenvalue weighted by molar-refractivity contribution is 7.99. The molecule has 0 aliphatic carbocycles. The number of methoxy groups -OCH3 is 1. The molecule has 23 heavy (non-hydrogen) atoms. The first kappa shape index (κ1) is 19.1. The van der Waals surface area contributed by atoms with Crippen LogP contribution in [0, 0.1) is 0 Å². The molecule has 0 spiro atoms. The zero-order valence-corrected chi connectivity index (χ0v) is 15.9. The van der Waals surface area contributed by atoms with Gasteiger partial charge in [-0.25, -0.2) is 17.9 Å². The number of nitrogens with one attached hydrogen (secondary N) is 1. The van der Waals surface area contributed by atoms with E-state index in [1.54, 1.807) is 25.1 Å². The second-order valence-electron chi connectivity index (χ2n) is 5.12. The Labute approximate surface area is 145 Å². The van der Waals surface area contributed by atoms with Gasteiger partial charge in [0.1, 0.15) is 4.21 Å². The van der Waals surface area contributed by atoms with E-state index in [0.29, 0.717) is 6.61 Å². The molecule has 132 valence electrons. The van der Waals surface area contributed by atoms with Gasteiger partial charge >= 0.3 is 0 Å². The molecule has 0 fully saturated rings. The van der Waals surface area contributed by atoms with Gasteiger partial charge in [0.05, 0.1) is 10.8 Å². The molecule has 1 aliphatic rings. The molecule has 0 saturated heterocycles. The smallest absolute Gasteiger partial charge is 0.247 e. The average molecular weight is 382 g/mol. The molecule has 3 N–H and O–H groups in total. The van der Waals surface area contributed by atoms with Crippen LogP contribution in [-0.4, -0.2) is 52.4 Å². The fraction of sp³-hybridized carbons (Fsp3) is 0.692. The van der Waals surface area contributed by atoms with Crippen molar-refractivity contribution in [1.82, 2.24) is 9.62 Å². The van der Waals surface area contributed by atoms with Gasteiger partial charge in [0.25, 0.3) is 0 Å². The molecule has 2 atom stereocenters. The largest absolute Gasteiger partial charge is 0.356 e. The Morgan fingerprint density at radius 3 is 2.91 bits per heavy atom. The van der Waals surface area contributed by atoms with Gasteiger partial charge in [-0.05, 0) is 37.0 Å². The second kappa shape index (κ2) is 8.26. The van der Waals surface area contributed by atoms with Crippen LogP contribution in [-0.2, 0) is 19.5 Å². The van der Waals surface area contributed by atoms with Gasteiger partial charge in [0.2, 0.25) is 10.0 Å². The highest BCUT2D eigenvalue weighted by Gasteiger charge is 2.30. The SMILES string of the molecule is CCNC1CN(CCOC(C)OC)Sc2sc(S(N)(=O)=O)cc21. The van der Waals surface area contributed by atoms with E-state index >= 15 is 0 Å². The normalized spacial score (nSPS) is 20.4. The summed E-state index contributed by atoms with van der Waals surface area (Å²) in [7, 11) is -2.06. The number of hydrogen-bond acceptors (Lipinski definition) is 8. The zero-order valence-electron chi connectivity index (χ0n) is 13.4. The van der Waals surface area contributed by atoms with Crippen molar-refractivity contribution in [2.45, 2.75) is 34.6 Å². The monoisotopic (exact) mass is 381 g/mol. The molecule has 7 nitrogen and oxygen atoms in total. The van der Waals surface area contributed by atoms with Crippen LogP contribution in [0.5, 0.6) is 0 Å². The molecule has 1 aromatic heterocycles. The van der Waals surface area contributed by atoms with Crippen LogP contribution in [0.25, 0.3) is 0 Å². The summed E-state index contributed by atoms with van der Waals surface area (Å²) in [6.45, 7) is 6.73. The van der Waals surface area contributed by atoms with E-state index in [4.69, 9.17) is 14.6 Å². The lowest BCUT2D eigenvalue weighted by Gasteiger charge is -2.32. The first-order valence-corrected chi connectivity index (χ1v) is 10.5. The Balaban J connectivity index is 2.09. The number of fused-ring (bicyclic) bond motifs is 1. The van der Waals surface area contributed by atoms with Gasteiger partial charge in [-0.1, -0.05) is 6.92 Å². The Morgan fingerprint density at radius 2 is 2.30 bits per heavy atom. The van der Waals surface area contributed by atoms with Crippen LogP contribution in [0.3, 0.4) is 0 Å². The maximum Gasteiger partial charge on any atom is 0.247 e. The third-order valence-electron chi connectivity index (χ3n) is 3.43. The lowest BCUT2D eigenvalue weighted by Crippen LogP contribution is -2.36. The lowest BCUT2D eigenvalue weighted by molar-refractivity contribution is -0.111. The van der Waals surface area contributed by atoms with Gasteiger partial charge in [0, 0.05) is 26.2 Å². The van der Waals surface area contributed by atoms with Crippen molar-refractivity contribution < 1.29 is 17.9 Å². The van der Waals surface area contributed by atoms with E-state index in [9.17, 15) is 8.42 Å². The van der Waals surface area contributed by atoms with Gasteiger partial charge < -0.3 is 14.8 Å². The highest BCUT2D eigenvalue weighted by Crippen LogP contribution is 2.43. The topological polar surface area (TPSA) is 93.9 Å². The predicted octanol–water partition coefficient (Wildman–Crippen LogP) is 1.38. The number of nitrogens with zero attached hydrogens (tertiary/aromatic N) is 1. The van der Waals surface area contributed by atoms with Crippen LogP contribution < -0.4 is 10.5 Å². The van der Waals surface area contributed by atoms with Gasteiger partial charge in [-0.2, -0.15) is 0 Å². The van der Waals surface area contributed by atoms with Crippen LogP contribution in [0.1, 0.15) is 25.5 Å². The molecule has 0 saturated carbocycles. The third-order valence-corrected chi connectivity index (χ3v) is 7.26. The summed E-state index contributed by atoms with van der Waals surface area (Å²) in [5.41, 5.74) is 1.01. The molecule has 0 amide bonds. The lowest BCUT2D eigenvalue weighted by atomic mass is 10.1. The van der Waals surface area contributed by atoms with Gasteiger partial charge in [-0.3, -0.25) is 0 Å². The standard InChI is InChI=1S/C13H23N3O4S3/c1-4-15-11-8-16(5-6-20-9(2)19-3)22-13-10(11)7-12(21-13)23(14,17)18/h7,9,11,15H,4-6,8H2,1-3H3,(H2,14,17,18). The Morgan fingerprint density at radius 1 is 1.57 bits per heavy atom. The highest BCUT2D eigenvalue weighted by atomic mass is 32.3. The first-order valence-electron chi connectivity index (χ1n) is 7.32. The molecular weight excluding hydrogens is 358 g/mol. The van der Waals surface area contributed by atoms with Crippen molar-refractivity contribution in [3.8, 4) is 0 Å². The average Bonchev–Trinajstić information content (AvgIpc) is 2.92. The molecule has 2 unspecified atom stereocenters. The third kappa shape index (κ3) is 5.13. The van der Waals surface area contributed by atoms with E-state index in [-0.39, 0.29) is 16.5 Å². The molecular formula is C13H23N3O4S3. The van der Waals surface area contributed by atoms with Crippen LogP contribution in [0.4, 0.5) is 0 Å². The predicted molar refractivity (Wildman–Crippen MR) is 92.0 cm³/mol. The quantitative estimate of drug-likeness (QED) is 0.519. The summed E-state index contributed by atoms with van der Waals surface area (Å²) < 4.78 is 37.1. The van der Waals surface area contributed by atoms with Crippen molar-refractivity contribution in [1.29, 1.82) is 0 Å². The summed E-state index contributed by atoms with van der Waals surface area (Å²) in [5.74, 6) is 0. The van der Waals surface area contributed by atoms with Crippen LogP contribution in [0.2, 0.25) is 0 Å². The fourth-order valence-electron chi connectivity index (χ4n) is 2.22. The maximum atomic E-state index is 11.6. The fourth-order valence-corrected chi connectivity index (χ4v) is 5.74. The van der Waals surface area contributed by atoms with E-state index < -0.39 is 10.0 Å². The molecule has 2 heterocycles. The Kier molecular flexibility index (Phi) is 6.87. The first-order chi connectivity index (χ1) is 10.8. The number of primary sulfonamides is 1. The maximum absolute atomic E-state index is 11.6. The summed E-state index contributed by atoms with van der Waals surface area (Å²) in [4.78, 5) is 0. The van der Waals surface area contributed by atoms with Crippen LogP contribution >= 0.6 is 23.3 Å². The molecule has 1 aromatic rings. The van der Waals surface area contributed by atoms with Crippen molar-refractivity contribution >= 4 is 33.3 Å².